The Hall–Kier alpha value is -2.74. The van der Waals surface area contributed by atoms with Crippen LogP contribution in [0, 0.1) is 5.82 Å². The number of halogens is 2. The summed E-state index contributed by atoms with van der Waals surface area (Å²) in [5, 5.41) is 4.14. The van der Waals surface area contributed by atoms with Gasteiger partial charge in [-0.3, -0.25) is 4.79 Å². The van der Waals surface area contributed by atoms with Crippen LogP contribution in [0.4, 0.5) is 10.2 Å². The van der Waals surface area contributed by atoms with Gasteiger partial charge in [-0.05, 0) is 26.3 Å². The summed E-state index contributed by atoms with van der Waals surface area (Å²) in [7, 11) is 0. The van der Waals surface area contributed by atoms with E-state index in [1.54, 1.807) is 31.0 Å². The van der Waals surface area contributed by atoms with E-state index in [1.165, 1.54) is 6.20 Å². The molecule has 0 saturated carbocycles. The fraction of sp³-hybridized carbons (Fsp3) is 0.333. The number of hydrogen-bond donors (Lipinski definition) is 2. The molecule has 3 aromatic heterocycles. The summed E-state index contributed by atoms with van der Waals surface area (Å²) < 4.78 is 14.3. The maximum absolute atomic E-state index is 14.3. The Bertz CT molecular complexity index is 1030. The van der Waals surface area contributed by atoms with Crippen LogP contribution >= 0.6 is 11.6 Å². The summed E-state index contributed by atoms with van der Waals surface area (Å²) in [6.45, 7) is 4.88. The molecule has 0 aromatic carbocycles. The predicted molar refractivity (Wildman–Crippen MR) is 101 cm³/mol. The molecule has 1 aliphatic rings. The van der Waals surface area contributed by atoms with Crippen LogP contribution in [0.1, 0.15) is 20.3 Å². The van der Waals surface area contributed by atoms with Gasteiger partial charge < -0.3 is 15.2 Å². The van der Waals surface area contributed by atoms with Crippen molar-refractivity contribution >= 4 is 34.4 Å². The van der Waals surface area contributed by atoms with Gasteiger partial charge in [-0.2, -0.15) is 0 Å². The zero-order chi connectivity index (χ0) is 19.2. The van der Waals surface area contributed by atoms with E-state index in [1.807, 2.05) is 0 Å². The van der Waals surface area contributed by atoms with Crippen LogP contribution in [0.15, 0.2) is 24.7 Å². The number of fused-ring (bicyclic) bond motifs is 1. The largest absolute Gasteiger partial charge is 0.354 e. The van der Waals surface area contributed by atoms with Crippen molar-refractivity contribution in [1.29, 1.82) is 0 Å². The summed E-state index contributed by atoms with van der Waals surface area (Å²) in [6, 6.07) is 1.74. The van der Waals surface area contributed by atoms with Crippen molar-refractivity contribution in [3.8, 4) is 11.4 Å². The number of likely N-dealkylation sites (tertiary alicyclic amines) is 1. The molecular weight excluding hydrogens is 371 g/mol. The minimum atomic E-state index is -0.988. The van der Waals surface area contributed by atoms with E-state index in [4.69, 9.17) is 11.6 Å². The lowest BCUT2D eigenvalue weighted by molar-refractivity contribution is -0.138. The van der Waals surface area contributed by atoms with Crippen molar-refractivity contribution in [2.75, 3.05) is 18.4 Å². The number of nitrogens with zero attached hydrogens (tertiary/aromatic N) is 4. The summed E-state index contributed by atoms with van der Waals surface area (Å²) in [4.78, 5) is 29.9. The van der Waals surface area contributed by atoms with E-state index in [9.17, 15) is 9.18 Å². The number of carbonyl (C=O) groups is 1. The molecule has 0 aliphatic carbocycles. The highest BCUT2D eigenvalue weighted by atomic mass is 35.5. The van der Waals surface area contributed by atoms with Crippen LogP contribution in [0.3, 0.4) is 0 Å². The molecule has 1 fully saturated rings. The molecule has 1 saturated heterocycles. The number of H-pyrrole nitrogens is 1. The molecule has 7 nitrogen and oxygen atoms in total. The molecule has 2 N–H and O–H groups in total. The number of anilines is 1. The number of pyridine rings is 1. The van der Waals surface area contributed by atoms with E-state index in [2.05, 4.69) is 25.3 Å². The first-order valence-corrected chi connectivity index (χ1v) is 8.96. The zero-order valence-corrected chi connectivity index (χ0v) is 15.6. The van der Waals surface area contributed by atoms with Crippen LogP contribution in [0.5, 0.6) is 0 Å². The number of nitrogens with one attached hydrogen (secondary N) is 2. The van der Waals surface area contributed by atoms with Gasteiger partial charge in [-0.25, -0.2) is 19.3 Å². The predicted octanol–water partition coefficient (Wildman–Crippen LogP) is 3.24. The monoisotopic (exact) mass is 388 g/mol. The van der Waals surface area contributed by atoms with Crippen LogP contribution in [-0.4, -0.2) is 49.4 Å². The fourth-order valence-electron chi connectivity index (χ4n) is 3.01. The number of carbonyl (C=O) groups excluding carboxylic acids is 1. The third-order valence-corrected chi connectivity index (χ3v) is 4.80. The smallest absolute Gasteiger partial charge is 0.247 e. The highest BCUT2D eigenvalue weighted by molar-refractivity contribution is 6.31. The van der Waals surface area contributed by atoms with E-state index in [0.29, 0.717) is 22.1 Å². The summed E-state index contributed by atoms with van der Waals surface area (Å²) in [5.41, 5.74) is 0.290. The van der Waals surface area contributed by atoms with Gasteiger partial charge in [-0.15, -0.1) is 0 Å². The third-order valence-electron chi connectivity index (χ3n) is 4.59. The number of hydrogen-bond acceptors (Lipinski definition) is 5. The Morgan fingerprint density at radius 3 is 2.81 bits per heavy atom. The average Bonchev–Trinajstić information content (AvgIpc) is 2.98. The molecule has 0 radical (unpaired) electrons. The van der Waals surface area contributed by atoms with Gasteiger partial charge >= 0.3 is 0 Å². The topological polar surface area (TPSA) is 86.8 Å². The number of amides is 1. The molecule has 0 spiro atoms. The second-order valence-electron chi connectivity index (χ2n) is 7.04. The average molecular weight is 389 g/mol. The van der Waals surface area contributed by atoms with Gasteiger partial charge in [0.2, 0.25) is 5.91 Å². The maximum atomic E-state index is 14.3. The van der Waals surface area contributed by atoms with Gasteiger partial charge in [0.05, 0.1) is 11.2 Å². The number of aromatic amines is 1. The summed E-state index contributed by atoms with van der Waals surface area (Å²) in [5.74, 6) is -0.430. The Morgan fingerprint density at radius 2 is 2.11 bits per heavy atom. The first-order chi connectivity index (χ1) is 12.8. The van der Waals surface area contributed by atoms with Crippen molar-refractivity contribution in [3.05, 3.63) is 35.5 Å². The van der Waals surface area contributed by atoms with Gasteiger partial charge in [-0.1, -0.05) is 11.6 Å². The Morgan fingerprint density at radius 1 is 1.33 bits per heavy atom. The van der Waals surface area contributed by atoms with Crippen LogP contribution in [0.25, 0.3) is 22.4 Å². The number of rotatable bonds is 4. The summed E-state index contributed by atoms with van der Waals surface area (Å²) in [6.07, 6.45) is 5.31. The molecule has 9 heteroatoms. The Kier molecular flexibility index (Phi) is 4.22. The molecule has 4 heterocycles. The van der Waals surface area contributed by atoms with Gasteiger partial charge in [0.15, 0.2) is 17.5 Å². The Balaban J connectivity index is 1.69. The number of aromatic nitrogens is 4. The minimum Gasteiger partial charge on any atom is -0.354 e. The quantitative estimate of drug-likeness (QED) is 0.716. The second kappa shape index (κ2) is 6.45. The van der Waals surface area contributed by atoms with Crippen molar-refractivity contribution in [3.63, 3.8) is 0 Å². The van der Waals surface area contributed by atoms with Crippen molar-refractivity contribution in [2.45, 2.75) is 25.8 Å². The van der Waals surface area contributed by atoms with Gasteiger partial charge in [0.25, 0.3) is 0 Å². The van der Waals surface area contributed by atoms with Crippen molar-refractivity contribution in [1.82, 2.24) is 24.8 Å². The van der Waals surface area contributed by atoms with E-state index >= 15 is 0 Å². The lowest BCUT2D eigenvalue weighted by Crippen LogP contribution is -2.54. The van der Waals surface area contributed by atoms with E-state index in [-0.39, 0.29) is 11.7 Å². The van der Waals surface area contributed by atoms with Crippen LogP contribution < -0.4 is 5.32 Å². The lowest BCUT2D eigenvalue weighted by Gasteiger charge is -2.38. The molecule has 0 atom stereocenters. The second-order valence-corrected chi connectivity index (χ2v) is 7.47. The molecule has 1 aliphatic heterocycles. The Labute approximate surface area is 160 Å². The molecular formula is C18H18ClFN6O. The third kappa shape index (κ3) is 3.21. The highest BCUT2D eigenvalue weighted by Crippen LogP contribution is 2.29. The zero-order valence-electron chi connectivity index (χ0n) is 14.9. The SMILES string of the molecule is CC(C)(Nc1nc(-c2c[nH]c3ncc(Cl)cc23)ncc1F)C(=O)N1CCC1. The molecule has 0 unspecified atom stereocenters. The van der Waals surface area contributed by atoms with Crippen LogP contribution in [0.2, 0.25) is 5.02 Å². The maximum Gasteiger partial charge on any atom is 0.247 e. The van der Waals surface area contributed by atoms with Crippen molar-refractivity contribution < 1.29 is 9.18 Å². The minimum absolute atomic E-state index is 0.0248. The standard InChI is InChI=1S/C18H18ClFN6O/c1-18(2,17(27)26-4-3-5-26)25-16-13(20)9-23-15(24-16)12-8-22-14-11(12)6-10(19)7-21-14/h6-9H,3-5H2,1-2H3,(H,21,22)(H,23,24,25). The van der Waals surface area contributed by atoms with E-state index < -0.39 is 11.4 Å². The molecule has 1 amide bonds. The molecule has 27 heavy (non-hydrogen) atoms. The lowest BCUT2D eigenvalue weighted by atomic mass is 10.0. The molecule has 0 bridgehead atoms. The van der Waals surface area contributed by atoms with Gasteiger partial charge in [0.1, 0.15) is 11.2 Å². The molecule has 3 aromatic rings. The van der Waals surface area contributed by atoms with E-state index in [0.717, 1.165) is 31.1 Å². The molecule has 4 rings (SSSR count). The normalized spacial score (nSPS) is 14.3. The van der Waals surface area contributed by atoms with Crippen LogP contribution in [-0.2, 0) is 4.79 Å². The molecule has 140 valence electrons. The fourth-order valence-corrected chi connectivity index (χ4v) is 3.17. The van der Waals surface area contributed by atoms with Crippen molar-refractivity contribution in [2.24, 2.45) is 0 Å². The highest BCUT2D eigenvalue weighted by Gasteiger charge is 2.35. The first kappa shape index (κ1) is 17.7. The first-order valence-electron chi connectivity index (χ1n) is 8.58. The summed E-state index contributed by atoms with van der Waals surface area (Å²) >= 11 is 6.03. The van der Waals surface area contributed by atoms with Gasteiger partial charge in [0, 0.05) is 36.4 Å².